The van der Waals surface area contributed by atoms with E-state index in [9.17, 15) is 0 Å². The van der Waals surface area contributed by atoms with Crippen molar-refractivity contribution in [1.29, 1.82) is 0 Å². The van der Waals surface area contributed by atoms with E-state index in [2.05, 4.69) is 19.9 Å². The second-order valence-corrected chi connectivity index (χ2v) is 7.32. The van der Waals surface area contributed by atoms with Gasteiger partial charge in [0.15, 0.2) is 0 Å². The van der Waals surface area contributed by atoms with Gasteiger partial charge in [-0.15, -0.1) is 0 Å². The molecule has 2 N–H and O–H groups in total. The molecule has 3 rings (SSSR count). The van der Waals surface area contributed by atoms with Crippen LogP contribution in [0.4, 0.5) is 0 Å². The normalized spacial score (nSPS) is 28.1. The summed E-state index contributed by atoms with van der Waals surface area (Å²) in [4.78, 5) is 0. The van der Waals surface area contributed by atoms with E-state index in [1.165, 1.54) is 19.3 Å². The highest BCUT2D eigenvalue weighted by Gasteiger charge is 2.46. The summed E-state index contributed by atoms with van der Waals surface area (Å²) in [6.07, 6.45) is 6.96. The van der Waals surface area contributed by atoms with Gasteiger partial charge in [0.1, 0.15) is 11.4 Å². The Kier molecular flexibility index (Phi) is 3.30. The van der Waals surface area contributed by atoms with Crippen molar-refractivity contribution in [2.75, 3.05) is 0 Å². The molecule has 1 atom stereocenters. The number of nitrogens with two attached hydrogens (primary N) is 1. The molecule has 1 aliphatic carbocycles. The van der Waals surface area contributed by atoms with Crippen LogP contribution < -0.4 is 10.5 Å². The molecule has 3 heteroatoms. The first-order valence-corrected chi connectivity index (χ1v) is 8.01. The molecule has 2 aliphatic rings. The van der Waals surface area contributed by atoms with Crippen LogP contribution >= 0.6 is 11.6 Å². The lowest BCUT2D eigenvalue weighted by molar-refractivity contribution is -0.0149. The third-order valence-corrected chi connectivity index (χ3v) is 5.58. The second kappa shape index (κ2) is 4.64. The monoisotopic (exact) mass is 293 g/mol. The topological polar surface area (TPSA) is 35.2 Å². The van der Waals surface area contributed by atoms with Gasteiger partial charge in [0, 0.05) is 22.5 Å². The number of hydrogen-bond donors (Lipinski definition) is 1. The Morgan fingerprint density at radius 3 is 2.50 bits per heavy atom. The average Bonchev–Trinajstić information content (AvgIpc) is 2.35. The van der Waals surface area contributed by atoms with Crippen LogP contribution in [0.15, 0.2) is 6.07 Å². The van der Waals surface area contributed by atoms with Gasteiger partial charge in [0.2, 0.25) is 0 Å². The fraction of sp³-hybridized carbons (Fsp3) is 0.647. The van der Waals surface area contributed by atoms with Gasteiger partial charge in [-0.05, 0) is 63.6 Å². The van der Waals surface area contributed by atoms with E-state index in [1.807, 2.05) is 6.92 Å². The molecule has 0 saturated heterocycles. The standard InChI is InChI=1S/C17H24ClNO/c1-11-9-13-14(12(2)15(11)18)16(3,19)10-17(20-13)7-5-4-6-8-17/h9H,4-8,10,19H2,1-3H3. The van der Waals surface area contributed by atoms with Gasteiger partial charge in [-0.3, -0.25) is 0 Å². The SMILES string of the molecule is Cc1cc2c(c(C)c1Cl)C(C)(N)CC1(CCCCC1)O2. The van der Waals surface area contributed by atoms with Gasteiger partial charge in [0.25, 0.3) is 0 Å². The Labute approximate surface area is 126 Å². The van der Waals surface area contributed by atoms with Gasteiger partial charge in [-0.25, -0.2) is 0 Å². The lowest BCUT2D eigenvalue weighted by Crippen LogP contribution is -2.52. The third-order valence-electron chi connectivity index (χ3n) is 5.00. The zero-order valence-electron chi connectivity index (χ0n) is 12.7. The predicted molar refractivity (Wildman–Crippen MR) is 83.5 cm³/mol. The lowest BCUT2D eigenvalue weighted by atomic mass is 9.71. The van der Waals surface area contributed by atoms with Crippen molar-refractivity contribution in [3.8, 4) is 5.75 Å². The zero-order valence-corrected chi connectivity index (χ0v) is 13.4. The maximum absolute atomic E-state index is 6.68. The van der Waals surface area contributed by atoms with Crippen LogP contribution in [0.5, 0.6) is 5.75 Å². The maximum atomic E-state index is 6.68. The van der Waals surface area contributed by atoms with E-state index >= 15 is 0 Å². The Morgan fingerprint density at radius 1 is 1.20 bits per heavy atom. The Balaban J connectivity index is 2.12. The molecule has 2 nitrogen and oxygen atoms in total. The van der Waals surface area contributed by atoms with Crippen molar-refractivity contribution in [2.24, 2.45) is 5.73 Å². The molecule has 0 bridgehead atoms. The van der Waals surface area contributed by atoms with Crippen molar-refractivity contribution in [3.05, 3.63) is 27.8 Å². The minimum atomic E-state index is -0.355. The molecule has 0 radical (unpaired) electrons. The van der Waals surface area contributed by atoms with E-state index in [0.29, 0.717) is 0 Å². The van der Waals surface area contributed by atoms with Crippen LogP contribution in [0.2, 0.25) is 5.02 Å². The fourth-order valence-electron chi connectivity index (χ4n) is 4.21. The first-order chi connectivity index (χ1) is 9.35. The molecule has 1 aromatic carbocycles. The van der Waals surface area contributed by atoms with E-state index in [0.717, 1.165) is 46.7 Å². The van der Waals surface area contributed by atoms with Crippen molar-refractivity contribution < 1.29 is 4.74 Å². The highest BCUT2D eigenvalue weighted by atomic mass is 35.5. The molecule has 1 fully saturated rings. The molecular formula is C17H24ClNO. The van der Waals surface area contributed by atoms with E-state index in [4.69, 9.17) is 22.1 Å². The molecular weight excluding hydrogens is 270 g/mol. The zero-order chi connectivity index (χ0) is 14.5. The first kappa shape index (κ1) is 14.2. The minimum absolute atomic E-state index is 0.0541. The Hall–Kier alpha value is -0.730. The first-order valence-electron chi connectivity index (χ1n) is 7.63. The van der Waals surface area contributed by atoms with Crippen molar-refractivity contribution >= 4 is 11.6 Å². The van der Waals surface area contributed by atoms with E-state index < -0.39 is 0 Å². The number of rotatable bonds is 0. The van der Waals surface area contributed by atoms with Crippen LogP contribution in [-0.4, -0.2) is 5.60 Å². The van der Waals surface area contributed by atoms with Gasteiger partial charge in [-0.1, -0.05) is 18.0 Å². The summed E-state index contributed by atoms with van der Waals surface area (Å²) in [5.74, 6) is 0.961. The summed E-state index contributed by atoms with van der Waals surface area (Å²) < 4.78 is 6.47. The molecule has 1 heterocycles. The summed E-state index contributed by atoms with van der Waals surface area (Å²) in [6.45, 7) is 6.22. The van der Waals surface area contributed by atoms with Crippen molar-refractivity contribution in [1.82, 2.24) is 0 Å². The Bertz CT molecular complexity index is 544. The van der Waals surface area contributed by atoms with Crippen LogP contribution in [-0.2, 0) is 5.54 Å². The summed E-state index contributed by atoms with van der Waals surface area (Å²) >= 11 is 6.41. The highest BCUT2D eigenvalue weighted by Crippen LogP contribution is 2.50. The van der Waals surface area contributed by atoms with Crippen LogP contribution in [0.1, 0.15) is 62.1 Å². The maximum Gasteiger partial charge on any atom is 0.125 e. The summed E-state index contributed by atoms with van der Waals surface area (Å²) in [6, 6.07) is 2.07. The van der Waals surface area contributed by atoms with Crippen molar-refractivity contribution in [2.45, 2.75) is 70.4 Å². The molecule has 0 amide bonds. The number of benzene rings is 1. The van der Waals surface area contributed by atoms with Crippen molar-refractivity contribution in [3.63, 3.8) is 0 Å². The number of hydrogen-bond acceptors (Lipinski definition) is 2. The highest BCUT2D eigenvalue weighted by molar-refractivity contribution is 6.32. The van der Waals surface area contributed by atoms with Gasteiger partial charge >= 0.3 is 0 Å². The number of ether oxygens (including phenoxy) is 1. The van der Waals surface area contributed by atoms with Gasteiger partial charge in [0.05, 0.1) is 0 Å². The average molecular weight is 294 g/mol. The third kappa shape index (κ3) is 2.14. The largest absolute Gasteiger partial charge is 0.487 e. The summed E-state index contributed by atoms with van der Waals surface area (Å²) in [7, 11) is 0. The smallest absolute Gasteiger partial charge is 0.125 e. The fourth-order valence-corrected chi connectivity index (χ4v) is 4.36. The van der Waals surface area contributed by atoms with Gasteiger partial charge < -0.3 is 10.5 Å². The molecule has 1 unspecified atom stereocenters. The lowest BCUT2D eigenvalue weighted by Gasteiger charge is -2.48. The number of halogens is 1. The minimum Gasteiger partial charge on any atom is -0.487 e. The van der Waals surface area contributed by atoms with Crippen LogP contribution in [0.25, 0.3) is 0 Å². The van der Waals surface area contributed by atoms with Crippen LogP contribution in [0, 0.1) is 13.8 Å². The second-order valence-electron chi connectivity index (χ2n) is 6.95. The van der Waals surface area contributed by atoms with Crippen LogP contribution in [0.3, 0.4) is 0 Å². The molecule has 1 saturated carbocycles. The summed E-state index contributed by atoms with van der Waals surface area (Å²) in [5, 5.41) is 0.823. The number of fused-ring (bicyclic) bond motifs is 1. The molecule has 1 aliphatic heterocycles. The molecule has 0 aromatic heterocycles. The van der Waals surface area contributed by atoms with Gasteiger partial charge in [-0.2, -0.15) is 0 Å². The van der Waals surface area contributed by atoms with E-state index in [-0.39, 0.29) is 11.1 Å². The molecule has 1 aromatic rings. The predicted octanol–water partition coefficient (Wildman–Crippen LogP) is 4.62. The molecule has 1 spiro atoms. The number of aryl methyl sites for hydroxylation is 1. The molecule has 20 heavy (non-hydrogen) atoms. The quantitative estimate of drug-likeness (QED) is 0.758. The summed E-state index contributed by atoms with van der Waals surface area (Å²) in [5.41, 5.74) is 9.52. The molecule has 110 valence electrons. The Morgan fingerprint density at radius 2 is 1.85 bits per heavy atom. The van der Waals surface area contributed by atoms with E-state index in [1.54, 1.807) is 0 Å².